The van der Waals surface area contributed by atoms with E-state index in [1.54, 1.807) is 11.3 Å². The van der Waals surface area contributed by atoms with Gasteiger partial charge in [-0.1, -0.05) is 0 Å². The molecule has 1 N–H and O–H groups in total. The van der Waals surface area contributed by atoms with Gasteiger partial charge < -0.3 is 9.88 Å². The van der Waals surface area contributed by atoms with Gasteiger partial charge in [0.2, 0.25) is 0 Å². The number of carbonyl (C=O) groups excluding carboxylic acids is 1. The maximum Gasteiger partial charge on any atom is 0.251 e. The van der Waals surface area contributed by atoms with E-state index in [1.165, 1.54) is 5.56 Å². The van der Waals surface area contributed by atoms with E-state index >= 15 is 0 Å². The molecular formula is C20H21N3OS. The zero-order valence-corrected chi connectivity index (χ0v) is 14.8. The van der Waals surface area contributed by atoms with E-state index in [9.17, 15) is 4.79 Å². The summed E-state index contributed by atoms with van der Waals surface area (Å²) in [5.41, 5.74) is 3.13. The lowest BCUT2D eigenvalue weighted by molar-refractivity contribution is 0.0937. The molecule has 0 bridgehead atoms. The van der Waals surface area contributed by atoms with Crippen molar-refractivity contribution in [2.45, 2.75) is 19.0 Å². The van der Waals surface area contributed by atoms with Crippen LogP contribution in [0.15, 0.2) is 65.6 Å². The van der Waals surface area contributed by atoms with Gasteiger partial charge in [0.05, 0.1) is 0 Å². The van der Waals surface area contributed by atoms with Crippen molar-refractivity contribution in [2.75, 3.05) is 13.1 Å². The van der Waals surface area contributed by atoms with Gasteiger partial charge in [-0.2, -0.15) is 11.3 Å². The molecule has 4 rings (SSSR count). The van der Waals surface area contributed by atoms with Crippen molar-refractivity contribution in [3.05, 3.63) is 76.7 Å². The topological polar surface area (TPSA) is 37.3 Å². The Bertz CT molecular complexity index is 809. The number of hydrogen-bond acceptors (Lipinski definition) is 3. The number of aromatic nitrogens is 1. The fraction of sp³-hybridized carbons (Fsp3) is 0.250. The minimum absolute atomic E-state index is 0.0152. The van der Waals surface area contributed by atoms with E-state index in [1.807, 2.05) is 53.4 Å². The standard InChI is InChI=1S/C20H21N3OS/c24-20(17-3-5-19(6-4-17)23-9-1-2-10-23)21-18-7-11-22(14-18)13-16-8-12-25-15-16/h1-6,8-10,12,15,18H,7,11,13-14H2,(H,21,24). The number of amides is 1. The van der Waals surface area contributed by atoms with E-state index in [-0.39, 0.29) is 11.9 Å². The van der Waals surface area contributed by atoms with Gasteiger partial charge >= 0.3 is 0 Å². The smallest absolute Gasteiger partial charge is 0.251 e. The first-order valence-electron chi connectivity index (χ1n) is 8.55. The Morgan fingerprint density at radius 2 is 1.96 bits per heavy atom. The summed E-state index contributed by atoms with van der Waals surface area (Å²) >= 11 is 1.73. The lowest BCUT2D eigenvalue weighted by Crippen LogP contribution is -2.36. The molecule has 1 fully saturated rings. The molecule has 0 aliphatic carbocycles. The quantitative estimate of drug-likeness (QED) is 0.763. The summed E-state index contributed by atoms with van der Waals surface area (Å²) in [5.74, 6) is 0.0152. The van der Waals surface area contributed by atoms with Crippen LogP contribution in [0.2, 0.25) is 0 Å². The van der Waals surface area contributed by atoms with Crippen molar-refractivity contribution in [2.24, 2.45) is 0 Å². The van der Waals surface area contributed by atoms with Crippen LogP contribution in [0.1, 0.15) is 22.3 Å². The first kappa shape index (κ1) is 16.1. The van der Waals surface area contributed by atoms with Crippen molar-refractivity contribution in [3.8, 4) is 5.69 Å². The van der Waals surface area contributed by atoms with E-state index < -0.39 is 0 Å². The number of benzene rings is 1. The normalized spacial score (nSPS) is 17.7. The van der Waals surface area contributed by atoms with Crippen LogP contribution in [0, 0.1) is 0 Å². The number of hydrogen-bond donors (Lipinski definition) is 1. The SMILES string of the molecule is O=C(NC1CCN(Cc2ccsc2)C1)c1ccc(-n2cccc2)cc1. The summed E-state index contributed by atoms with van der Waals surface area (Å²) in [7, 11) is 0. The second kappa shape index (κ2) is 7.25. The van der Waals surface area contributed by atoms with Crippen LogP contribution in [0.3, 0.4) is 0 Å². The van der Waals surface area contributed by atoms with Crippen LogP contribution in [-0.4, -0.2) is 34.5 Å². The summed E-state index contributed by atoms with van der Waals surface area (Å²) in [6.45, 7) is 2.93. The van der Waals surface area contributed by atoms with Crippen LogP contribution in [0.25, 0.3) is 5.69 Å². The van der Waals surface area contributed by atoms with E-state index in [0.717, 1.165) is 31.7 Å². The third-order valence-corrected chi connectivity index (χ3v) is 5.36. The van der Waals surface area contributed by atoms with E-state index in [2.05, 4.69) is 27.0 Å². The maximum absolute atomic E-state index is 12.5. The molecule has 3 heterocycles. The average molecular weight is 351 g/mol. The molecule has 1 saturated heterocycles. The Kier molecular flexibility index (Phi) is 4.68. The highest BCUT2D eigenvalue weighted by atomic mass is 32.1. The summed E-state index contributed by atoms with van der Waals surface area (Å²) in [6, 6.07) is 14.1. The highest BCUT2D eigenvalue weighted by Crippen LogP contribution is 2.16. The molecule has 1 aromatic carbocycles. The number of likely N-dealkylation sites (tertiary alicyclic amines) is 1. The van der Waals surface area contributed by atoms with Crippen molar-refractivity contribution >= 4 is 17.2 Å². The molecular weight excluding hydrogens is 330 g/mol. The first-order chi connectivity index (χ1) is 12.3. The monoisotopic (exact) mass is 351 g/mol. The third kappa shape index (κ3) is 3.83. The number of nitrogens with zero attached hydrogens (tertiary/aromatic N) is 2. The fourth-order valence-electron chi connectivity index (χ4n) is 3.30. The minimum Gasteiger partial charge on any atom is -0.348 e. The van der Waals surface area contributed by atoms with Crippen LogP contribution >= 0.6 is 11.3 Å². The Labute approximate surface area is 151 Å². The Hall–Kier alpha value is -2.37. The first-order valence-corrected chi connectivity index (χ1v) is 9.50. The number of thiophene rings is 1. The van der Waals surface area contributed by atoms with E-state index in [0.29, 0.717) is 5.56 Å². The van der Waals surface area contributed by atoms with Gasteiger partial charge in [-0.25, -0.2) is 0 Å². The van der Waals surface area contributed by atoms with Gasteiger partial charge in [0, 0.05) is 49.3 Å². The molecule has 25 heavy (non-hydrogen) atoms. The van der Waals surface area contributed by atoms with Gasteiger partial charge in [-0.05, 0) is 65.2 Å². The van der Waals surface area contributed by atoms with Gasteiger partial charge in [0.25, 0.3) is 5.91 Å². The largest absolute Gasteiger partial charge is 0.348 e. The molecule has 1 unspecified atom stereocenters. The van der Waals surface area contributed by atoms with Crippen molar-refractivity contribution in [1.29, 1.82) is 0 Å². The number of carbonyl (C=O) groups is 1. The summed E-state index contributed by atoms with van der Waals surface area (Å²) in [6.07, 6.45) is 5.00. The van der Waals surface area contributed by atoms with Crippen LogP contribution in [0.4, 0.5) is 0 Å². The molecule has 4 nitrogen and oxygen atoms in total. The van der Waals surface area contributed by atoms with Crippen molar-refractivity contribution in [1.82, 2.24) is 14.8 Å². The zero-order valence-electron chi connectivity index (χ0n) is 14.0. The average Bonchev–Trinajstić information content (AvgIpc) is 3.38. The lowest BCUT2D eigenvalue weighted by atomic mass is 10.1. The Balaban J connectivity index is 1.33. The van der Waals surface area contributed by atoms with Gasteiger partial charge in [0.1, 0.15) is 0 Å². The highest BCUT2D eigenvalue weighted by Gasteiger charge is 2.24. The second-order valence-electron chi connectivity index (χ2n) is 6.46. The molecule has 1 aliphatic rings. The Morgan fingerprint density at radius 3 is 2.68 bits per heavy atom. The third-order valence-electron chi connectivity index (χ3n) is 4.63. The van der Waals surface area contributed by atoms with Crippen LogP contribution in [0.5, 0.6) is 0 Å². The molecule has 1 amide bonds. The van der Waals surface area contributed by atoms with Gasteiger partial charge in [0.15, 0.2) is 0 Å². The molecule has 3 aromatic rings. The van der Waals surface area contributed by atoms with Crippen LogP contribution < -0.4 is 5.32 Å². The Morgan fingerprint density at radius 1 is 1.16 bits per heavy atom. The molecule has 0 saturated carbocycles. The van der Waals surface area contributed by atoms with Crippen molar-refractivity contribution in [3.63, 3.8) is 0 Å². The van der Waals surface area contributed by atoms with Gasteiger partial charge in [-0.15, -0.1) is 0 Å². The van der Waals surface area contributed by atoms with Crippen LogP contribution in [-0.2, 0) is 6.54 Å². The lowest BCUT2D eigenvalue weighted by Gasteiger charge is -2.16. The second-order valence-corrected chi connectivity index (χ2v) is 7.24. The predicted octanol–water partition coefficient (Wildman–Crippen LogP) is 3.54. The van der Waals surface area contributed by atoms with E-state index in [4.69, 9.17) is 0 Å². The predicted molar refractivity (Wildman–Crippen MR) is 101 cm³/mol. The molecule has 0 radical (unpaired) electrons. The molecule has 128 valence electrons. The van der Waals surface area contributed by atoms with Gasteiger partial charge in [-0.3, -0.25) is 9.69 Å². The summed E-state index contributed by atoms with van der Waals surface area (Å²) in [5, 5.41) is 7.48. The summed E-state index contributed by atoms with van der Waals surface area (Å²) < 4.78 is 2.03. The fourth-order valence-corrected chi connectivity index (χ4v) is 3.96. The maximum atomic E-state index is 12.5. The number of nitrogens with one attached hydrogen (secondary N) is 1. The number of rotatable bonds is 5. The molecule has 2 aromatic heterocycles. The molecule has 0 spiro atoms. The molecule has 5 heteroatoms. The minimum atomic E-state index is 0.0152. The highest BCUT2D eigenvalue weighted by molar-refractivity contribution is 7.07. The zero-order chi connectivity index (χ0) is 17.1. The molecule has 1 aliphatic heterocycles. The summed E-state index contributed by atoms with van der Waals surface area (Å²) in [4.78, 5) is 14.9. The molecule has 1 atom stereocenters. The van der Waals surface area contributed by atoms with Crippen molar-refractivity contribution < 1.29 is 4.79 Å².